The lowest BCUT2D eigenvalue weighted by atomic mass is 9.81. The van der Waals surface area contributed by atoms with Gasteiger partial charge in [-0.25, -0.2) is 0 Å². The molecule has 1 nitrogen and oxygen atoms in total. The van der Waals surface area contributed by atoms with E-state index in [9.17, 15) is 0 Å². The van der Waals surface area contributed by atoms with Crippen LogP contribution in [0, 0.1) is 6.92 Å². The first-order valence-corrected chi connectivity index (χ1v) is 4.36. The third kappa shape index (κ3) is 1.14. The number of hydrogen-bond donors (Lipinski definition) is 0. The van der Waals surface area contributed by atoms with Crippen molar-refractivity contribution in [1.82, 2.24) is 0 Å². The SMILES string of the molecule is Cc1ccc(C2(C)COC2)cc1. The molecule has 1 aromatic carbocycles. The first-order chi connectivity index (χ1) is 5.71. The second kappa shape index (κ2) is 2.60. The minimum Gasteiger partial charge on any atom is -0.379 e. The fraction of sp³-hybridized carbons (Fsp3) is 0.455. The fourth-order valence-electron chi connectivity index (χ4n) is 1.53. The Bertz CT molecular complexity index is 270. The molecule has 0 amide bonds. The third-order valence-corrected chi connectivity index (χ3v) is 2.59. The van der Waals surface area contributed by atoms with Crippen molar-refractivity contribution in [2.75, 3.05) is 13.2 Å². The molecule has 1 aliphatic rings. The maximum absolute atomic E-state index is 5.22. The molecule has 0 saturated carbocycles. The molecule has 0 unspecified atom stereocenters. The van der Waals surface area contributed by atoms with Crippen LogP contribution in [-0.4, -0.2) is 13.2 Å². The van der Waals surface area contributed by atoms with Gasteiger partial charge in [-0.15, -0.1) is 0 Å². The Kier molecular flexibility index (Phi) is 1.69. The monoisotopic (exact) mass is 162 g/mol. The van der Waals surface area contributed by atoms with Crippen molar-refractivity contribution in [2.45, 2.75) is 19.3 Å². The van der Waals surface area contributed by atoms with Crippen molar-refractivity contribution in [3.05, 3.63) is 35.4 Å². The lowest BCUT2D eigenvalue weighted by Gasteiger charge is -2.38. The molecule has 0 spiro atoms. The van der Waals surface area contributed by atoms with E-state index < -0.39 is 0 Å². The zero-order valence-electron chi connectivity index (χ0n) is 7.63. The third-order valence-electron chi connectivity index (χ3n) is 2.59. The molecule has 0 radical (unpaired) electrons. The average Bonchev–Trinajstić information content (AvgIpc) is 2.02. The standard InChI is InChI=1S/C11H14O/c1-9-3-5-10(6-4-9)11(2)7-12-8-11/h3-6H,7-8H2,1-2H3. The number of rotatable bonds is 1. The second-order valence-corrected chi connectivity index (χ2v) is 3.92. The van der Waals surface area contributed by atoms with Crippen LogP contribution in [0.4, 0.5) is 0 Å². The van der Waals surface area contributed by atoms with Crippen LogP contribution in [0.1, 0.15) is 18.1 Å². The number of benzene rings is 1. The van der Waals surface area contributed by atoms with E-state index in [0.29, 0.717) is 0 Å². The van der Waals surface area contributed by atoms with Crippen LogP contribution in [0.15, 0.2) is 24.3 Å². The highest BCUT2D eigenvalue weighted by atomic mass is 16.5. The van der Waals surface area contributed by atoms with Gasteiger partial charge in [-0.3, -0.25) is 0 Å². The molecular formula is C11H14O. The molecule has 1 aromatic rings. The van der Waals surface area contributed by atoms with E-state index in [1.54, 1.807) is 0 Å². The van der Waals surface area contributed by atoms with Crippen molar-refractivity contribution < 1.29 is 4.74 Å². The molecule has 1 aliphatic heterocycles. The molecule has 1 fully saturated rings. The summed E-state index contributed by atoms with van der Waals surface area (Å²) in [5.74, 6) is 0. The maximum Gasteiger partial charge on any atom is 0.0582 e. The van der Waals surface area contributed by atoms with Gasteiger partial charge in [-0.1, -0.05) is 36.8 Å². The molecule has 0 aromatic heterocycles. The quantitative estimate of drug-likeness (QED) is 0.615. The first kappa shape index (κ1) is 7.81. The van der Waals surface area contributed by atoms with Crippen LogP contribution in [0.2, 0.25) is 0 Å². The Morgan fingerprint density at radius 3 is 2.17 bits per heavy atom. The van der Waals surface area contributed by atoms with Gasteiger partial charge in [-0.05, 0) is 12.5 Å². The van der Waals surface area contributed by atoms with Crippen LogP contribution in [0.5, 0.6) is 0 Å². The first-order valence-electron chi connectivity index (χ1n) is 4.36. The van der Waals surface area contributed by atoms with E-state index >= 15 is 0 Å². The summed E-state index contributed by atoms with van der Waals surface area (Å²) in [6.45, 7) is 6.11. The molecule has 2 rings (SSSR count). The Morgan fingerprint density at radius 2 is 1.75 bits per heavy atom. The lowest BCUT2D eigenvalue weighted by molar-refractivity contribution is -0.0500. The fourth-order valence-corrected chi connectivity index (χ4v) is 1.53. The summed E-state index contributed by atoms with van der Waals surface area (Å²) in [6, 6.07) is 8.74. The van der Waals surface area contributed by atoms with Crippen molar-refractivity contribution in [3.8, 4) is 0 Å². The van der Waals surface area contributed by atoms with Crippen LogP contribution >= 0.6 is 0 Å². The predicted molar refractivity (Wildman–Crippen MR) is 49.4 cm³/mol. The van der Waals surface area contributed by atoms with Gasteiger partial charge in [0.15, 0.2) is 0 Å². The molecule has 0 bridgehead atoms. The summed E-state index contributed by atoms with van der Waals surface area (Å²) < 4.78 is 5.22. The molecule has 1 heteroatoms. The zero-order valence-corrected chi connectivity index (χ0v) is 7.63. The lowest BCUT2D eigenvalue weighted by Crippen LogP contribution is -2.43. The second-order valence-electron chi connectivity index (χ2n) is 3.92. The minimum absolute atomic E-state index is 0.285. The van der Waals surface area contributed by atoms with Gasteiger partial charge in [0.1, 0.15) is 0 Å². The van der Waals surface area contributed by atoms with E-state index in [-0.39, 0.29) is 5.41 Å². The summed E-state index contributed by atoms with van der Waals surface area (Å²) in [4.78, 5) is 0. The normalized spacial score (nSPS) is 20.2. The van der Waals surface area contributed by atoms with E-state index in [2.05, 4.69) is 38.1 Å². The summed E-state index contributed by atoms with van der Waals surface area (Å²) in [5, 5.41) is 0. The summed E-state index contributed by atoms with van der Waals surface area (Å²) in [7, 11) is 0. The van der Waals surface area contributed by atoms with E-state index in [4.69, 9.17) is 4.74 Å². The van der Waals surface area contributed by atoms with Gasteiger partial charge < -0.3 is 4.74 Å². The molecule has 0 aliphatic carbocycles. The van der Waals surface area contributed by atoms with Gasteiger partial charge in [0.05, 0.1) is 13.2 Å². The number of ether oxygens (including phenoxy) is 1. The Balaban J connectivity index is 2.28. The Labute approximate surface area is 73.4 Å². The number of aryl methyl sites for hydroxylation is 1. The molecule has 0 N–H and O–H groups in total. The highest BCUT2D eigenvalue weighted by Gasteiger charge is 2.34. The van der Waals surface area contributed by atoms with Gasteiger partial charge in [0.25, 0.3) is 0 Å². The summed E-state index contributed by atoms with van der Waals surface area (Å²) in [5.41, 5.74) is 3.01. The average molecular weight is 162 g/mol. The van der Waals surface area contributed by atoms with Crippen molar-refractivity contribution >= 4 is 0 Å². The van der Waals surface area contributed by atoms with E-state index in [0.717, 1.165) is 13.2 Å². The van der Waals surface area contributed by atoms with Gasteiger partial charge in [0.2, 0.25) is 0 Å². The molecule has 12 heavy (non-hydrogen) atoms. The van der Waals surface area contributed by atoms with E-state index in [1.807, 2.05) is 0 Å². The minimum atomic E-state index is 0.285. The highest BCUT2D eigenvalue weighted by Crippen LogP contribution is 2.31. The van der Waals surface area contributed by atoms with Crippen molar-refractivity contribution in [2.24, 2.45) is 0 Å². The van der Waals surface area contributed by atoms with Crippen molar-refractivity contribution in [1.29, 1.82) is 0 Å². The van der Waals surface area contributed by atoms with Gasteiger partial charge >= 0.3 is 0 Å². The molecule has 0 atom stereocenters. The number of hydrogen-bond acceptors (Lipinski definition) is 1. The zero-order chi connectivity index (χ0) is 8.60. The van der Waals surface area contributed by atoms with Gasteiger partial charge in [-0.2, -0.15) is 0 Å². The Hall–Kier alpha value is -0.820. The van der Waals surface area contributed by atoms with Crippen LogP contribution in [-0.2, 0) is 10.2 Å². The van der Waals surface area contributed by atoms with Gasteiger partial charge in [0, 0.05) is 5.41 Å². The molecule has 1 heterocycles. The summed E-state index contributed by atoms with van der Waals surface area (Å²) >= 11 is 0. The molecule has 64 valence electrons. The predicted octanol–water partition coefficient (Wildman–Crippen LogP) is 2.28. The topological polar surface area (TPSA) is 9.23 Å². The highest BCUT2D eigenvalue weighted by molar-refractivity contribution is 5.29. The smallest absolute Gasteiger partial charge is 0.0582 e. The summed E-state index contributed by atoms with van der Waals surface area (Å²) in [6.07, 6.45) is 0. The van der Waals surface area contributed by atoms with Crippen LogP contribution < -0.4 is 0 Å². The maximum atomic E-state index is 5.22. The largest absolute Gasteiger partial charge is 0.379 e. The van der Waals surface area contributed by atoms with Crippen LogP contribution in [0.25, 0.3) is 0 Å². The van der Waals surface area contributed by atoms with E-state index in [1.165, 1.54) is 11.1 Å². The van der Waals surface area contributed by atoms with Crippen molar-refractivity contribution in [3.63, 3.8) is 0 Å². The van der Waals surface area contributed by atoms with Crippen LogP contribution in [0.3, 0.4) is 0 Å². The Morgan fingerprint density at radius 1 is 1.17 bits per heavy atom. The molecule has 1 saturated heterocycles. The molecular weight excluding hydrogens is 148 g/mol.